The van der Waals surface area contributed by atoms with E-state index in [1.807, 2.05) is 5.51 Å². The lowest BCUT2D eigenvalue weighted by Crippen LogP contribution is -2.44. The molecule has 2 fully saturated rings. The molecule has 0 bridgehead atoms. The maximum atomic E-state index is 11.7. The zero-order valence-corrected chi connectivity index (χ0v) is 16.9. The number of aromatic nitrogens is 1. The fourth-order valence-corrected chi connectivity index (χ4v) is 4.27. The number of amides is 1. The van der Waals surface area contributed by atoms with Crippen LogP contribution < -0.4 is 5.32 Å². The molecule has 0 aromatic carbocycles. The third-order valence-corrected chi connectivity index (χ3v) is 5.88. The van der Waals surface area contributed by atoms with Crippen molar-refractivity contribution in [3.05, 3.63) is 16.1 Å². The highest BCUT2D eigenvalue weighted by Gasteiger charge is 2.50. The first kappa shape index (κ1) is 23.5. The van der Waals surface area contributed by atoms with Crippen molar-refractivity contribution in [3.63, 3.8) is 0 Å². The van der Waals surface area contributed by atoms with Gasteiger partial charge >= 0.3 is 12.1 Å². The molecule has 2 aliphatic rings. The third kappa shape index (κ3) is 6.36. The Morgan fingerprint density at radius 3 is 2.76 bits per heavy atom. The van der Waals surface area contributed by atoms with E-state index in [9.17, 15) is 18.0 Å². The number of hydrogen-bond donors (Lipinski definition) is 2. The molecule has 2 aliphatic heterocycles. The number of carboxylic acid groups (broad SMARTS) is 1. The number of halogens is 3. The van der Waals surface area contributed by atoms with Crippen molar-refractivity contribution in [1.29, 1.82) is 0 Å². The lowest BCUT2D eigenvalue weighted by molar-refractivity contribution is -0.192. The highest BCUT2D eigenvalue weighted by molar-refractivity contribution is 7.09. The summed E-state index contributed by atoms with van der Waals surface area (Å²) in [4.78, 5) is 28.7. The van der Waals surface area contributed by atoms with Gasteiger partial charge in [-0.25, -0.2) is 9.78 Å². The highest BCUT2D eigenvalue weighted by Crippen LogP contribution is 2.41. The van der Waals surface area contributed by atoms with Crippen LogP contribution in [0.15, 0.2) is 5.51 Å². The quantitative estimate of drug-likeness (QED) is 0.689. The number of nitrogens with zero attached hydrogens (tertiary/aromatic N) is 2. The van der Waals surface area contributed by atoms with Crippen LogP contribution in [0.3, 0.4) is 0 Å². The van der Waals surface area contributed by atoms with Crippen LogP contribution in [0.4, 0.5) is 13.2 Å². The van der Waals surface area contributed by atoms with Crippen molar-refractivity contribution < 1.29 is 37.3 Å². The molecule has 1 aromatic heterocycles. The van der Waals surface area contributed by atoms with E-state index in [-0.39, 0.29) is 17.9 Å². The largest absolute Gasteiger partial charge is 0.490 e. The average molecular weight is 439 g/mol. The van der Waals surface area contributed by atoms with Gasteiger partial charge in [0.15, 0.2) is 0 Å². The Hall–Kier alpha value is -1.76. The Labute approximate surface area is 170 Å². The standard InChI is InChI=1S/C15H23N3O3S.C2HF3O2/c1-11-13(22-10-17-11)4-18-3-12-5-21-9-15(12,8-18)7-16-14(19)6-20-2;3-2(4,5)1(6)7/h10,12H,3-9H2,1-2H3,(H,16,19);(H,6,7)/t12-,15+;/m1./s1. The molecule has 164 valence electrons. The normalized spacial score (nSPS) is 24.0. The van der Waals surface area contributed by atoms with Gasteiger partial charge in [0.1, 0.15) is 6.61 Å². The number of alkyl halides is 3. The number of likely N-dealkylation sites (tertiary alicyclic amines) is 1. The molecule has 0 saturated carbocycles. The van der Waals surface area contributed by atoms with Crippen LogP contribution in [-0.4, -0.2) is 79.6 Å². The number of carbonyl (C=O) groups excluding carboxylic acids is 1. The SMILES string of the molecule is COCC(=O)NC[C@]12COC[C@H]1CN(Cc1scnc1C)C2.O=C(O)C(F)(F)F. The lowest BCUT2D eigenvalue weighted by atomic mass is 9.81. The van der Waals surface area contributed by atoms with Crippen LogP contribution in [0.5, 0.6) is 0 Å². The second kappa shape index (κ2) is 9.83. The lowest BCUT2D eigenvalue weighted by Gasteiger charge is -2.27. The van der Waals surface area contributed by atoms with E-state index in [1.165, 1.54) is 12.0 Å². The Morgan fingerprint density at radius 1 is 1.52 bits per heavy atom. The molecule has 0 spiro atoms. The summed E-state index contributed by atoms with van der Waals surface area (Å²) in [5.41, 5.74) is 3.08. The minimum absolute atomic E-state index is 0.0436. The number of methoxy groups -OCH3 is 1. The van der Waals surface area contributed by atoms with Crippen molar-refractivity contribution in [3.8, 4) is 0 Å². The zero-order chi connectivity index (χ0) is 21.7. The van der Waals surface area contributed by atoms with Crippen LogP contribution in [0, 0.1) is 18.3 Å². The summed E-state index contributed by atoms with van der Waals surface area (Å²) in [6, 6.07) is 0. The zero-order valence-electron chi connectivity index (χ0n) is 16.1. The van der Waals surface area contributed by atoms with E-state index >= 15 is 0 Å². The molecule has 2 atom stereocenters. The molecule has 3 heterocycles. The van der Waals surface area contributed by atoms with E-state index in [0.29, 0.717) is 12.5 Å². The molecule has 2 N–H and O–H groups in total. The van der Waals surface area contributed by atoms with Gasteiger partial charge in [-0.1, -0.05) is 0 Å². The van der Waals surface area contributed by atoms with Crippen LogP contribution in [0.25, 0.3) is 0 Å². The maximum absolute atomic E-state index is 11.7. The molecule has 0 radical (unpaired) electrons. The molecular formula is C17H24F3N3O5S. The number of ether oxygens (including phenoxy) is 2. The van der Waals surface area contributed by atoms with Gasteiger partial charge < -0.3 is 19.9 Å². The van der Waals surface area contributed by atoms with Gasteiger partial charge in [-0.15, -0.1) is 11.3 Å². The molecule has 3 rings (SSSR count). The summed E-state index contributed by atoms with van der Waals surface area (Å²) in [6.45, 7) is 7.29. The predicted molar refractivity (Wildman–Crippen MR) is 97.4 cm³/mol. The van der Waals surface area contributed by atoms with E-state index in [0.717, 1.165) is 38.5 Å². The smallest absolute Gasteiger partial charge is 0.475 e. The minimum atomic E-state index is -5.08. The summed E-state index contributed by atoms with van der Waals surface area (Å²) in [5.74, 6) is -2.32. The van der Waals surface area contributed by atoms with E-state index in [1.54, 1.807) is 11.3 Å². The van der Waals surface area contributed by atoms with Gasteiger partial charge in [-0.05, 0) is 6.92 Å². The molecule has 1 aromatic rings. The molecule has 0 unspecified atom stereocenters. The number of aliphatic carboxylic acids is 1. The first-order valence-corrected chi connectivity index (χ1v) is 9.70. The summed E-state index contributed by atoms with van der Waals surface area (Å²) in [7, 11) is 1.54. The molecule has 2 saturated heterocycles. The molecule has 8 nitrogen and oxygen atoms in total. The third-order valence-electron chi connectivity index (χ3n) is 4.96. The number of thiazole rings is 1. The Bertz CT molecular complexity index is 715. The first-order valence-electron chi connectivity index (χ1n) is 8.82. The molecule has 1 amide bonds. The number of nitrogens with one attached hydrogen (secondary N) is 1. The average Bonchev–Trinajstić information content (AvgIpc) is 3.28. The highest BCUT2D eigenvalue weighted by atomic mass is 32.1. The Morgan fingerprint density at radius 2 is 2.21 bits per heavy atom. The van der Waals surface area contributed by atoms with E-state index < -0.39 is 12.1 Å². The van der Waals surface area contributed by atoms with Crippen molar-refractivity contribution in [2.75, 3.05) is 46.6 Å². The number of carboxylic acids is 1. The van der Waals surface area contributed by atoms with Crippen LogP contribution in [0.1, 0.15) is 10.6 Å². The van der Waals surface area contributed by atoms with Crippen LogP contribution >= 0.6 is 11.3 Å². The Balaban J connectivity index is 0.000000370. The van der Waals surface area contributed by atoms with Gasteiger partial charge in [0.2, 0.25) is 5.91 Å². The second-order valence-electron chi connectivity index (χ2n) is 7.12. The fraction of sp³-hybridized carbons (Fsp3) is 0.706. The molecular weight excluding hydrogens is 415 g/mol. The van der Waals surface area contributed by atoms with Gasteiger partial charge in [0.25, 0.3) is 0 Å². The van der Waals surface area contributed by atoms with E-state index in [4.69, 9.17) is 19.4 Å². The number of fused-ring (bicyclic) bond motifs is 1. The summed E-state index contributed by atoms with van der Waals surface area (Å²) < 4.78 is 42.3. The number of carbonyl (C=O) groups is 2. The monoisotopic (exact) mass is 439 g/mol. The fourth-order valence-electron chi connectivity index (χ4n) is 3.45. The van der Waals surface area contributed by atoms with Crippen LogP contribution in [-0.2, 0) is 25.6 Å². The maximum Gasteiger partial charge on any atom is 0.490 e. The van der Waals surface area contributed by atoms with Crippen molar-refractivity contribution in [2.45, 2.75) is 19.6 Å². The minimum Gasteiger partial charge on any atom is -0.475 e. The van der Waals surface area contributed by atoms with Gasteiger partial charge in [0.05, 0.1) is 24.4 Å². The second-order valence-corrected chi connectivity index (χ2v) is 8.06. The summed E-state index contributed by atoms with van der Waals surface area (Å²) >= 11 is 1.72. The Kier molecular flexibility index (Phi) is 7.97. The van der Waals surface area contributed by atoms with Crippen molar-refractivity contribution in [2.24, 2.45) is 11.3 Å². The first-order chi connectivity index (χ1) is 13.6. The number of rotatable bonds is 6. The topological polar surface area (TPSA) is 101 Å². The van der Waals surface area contributed by atoms with Gasteiger partial charge in [-0.3, -0.25) is 9.69 Å². The van der Waals surface area contributed by atoms with Gasteiger partial charge in [-0.2, -0.15) is 13.2 Å². The summed E-state index contributed by atoms with van der Waals surface area (Å²) in [5, 5.41) is 10.1. The number of hydrogen-bond acceptors (Lipinski definition) is 7. The van der Waals surface area contributed by atoms with Crippen molar-refractivity contribution in [1.82, 2.24) is 15.2 Å². The van der Waals surface area contributed by atoms with E-state index in [2.05, 4.69) is 22.1 Å². The van der Waals surface area contributed by atoms with Crippen molar-refractivity contribution >= 4 is 23.2 Å². The molecule has 0 aliphatic carbocycles. The number of aryl methyl sites for hydroxylation is 1. The predicted octanol–water partition coefficient (Wildman–Crippen LogP) is 1.30. The van der Waals surface area contributed by atoms with Gasteiger partial charge in [0, 0.05) is 49.5 Å². The summed E-state index contributed by atoms with van der Waals surface area (Å²) in [6.07, 6.45) is -5.08. The molecule has 29 heavy (non-hydrogen) atoms. The van der Waals surface area contributed by atoms with Crippen LogP contribution in [0.2, 0.25) is 0 Å². The molecule has 12 heteroatoms.